The van der Waals surface area contributed by atoms with Gasteiger partial charge in [0, 0.05) is 0 Å². The molecule has 19 heavy (non-hydrogen) atoms. The summed E-state index contributed by atoms with van der Waals surface area (Å²) < 4.78 is 5.49. The van der Waals surface area contributed by atoms with Crippen LogP contribution in [0.5, 0.6) is 0 Å². The van der Waals surface area contributed by atoms with Crippen LogP contribution < -0.4 is 10.6 Å². The number of hydrogen-bond acceptors (Lipinski definition) is 5. The monoisotopic (exact) mass is 327 g/mol. The summed E-state index contributed by atoms with van der Waals surface area (Å²) >= 11 is 3.08. The van der Waals surface area contributed by atoms with Crippen molar-refractivity contribution < 1.29 is 14.0 Å². The van der Waals surface area contributed by atoms with E-state index in [1.54, 1.807) is 13.0 Å². The Morgan fingerprint density at radius 3 is 2.84 bits per heavy atom. The summed E-state index contributed by atoms with van der Waals surface area (Å²) in [6.45, 7) is 1.50. The molecule has 0 bridgehead atoms. The molecule has 0 aliphatic rings. The molecule has 3 N–H and O–H groups in total. The van der Waals surface area contributed by atoms with Crippen molar-refractivity contribution in [2.75, 3.05) is 11.9 Å². The van der Waals surface area contributed by atoms with Crippen LogP contribution >= 0.6 is 15.9 Å². The number of halogens is 1. The molecule has 2 aromatic rings. The van der Waals surface area contributed by atoms with Crippen molar-refractivity contribution in [2.45, 2.75) is 6.92 Å². The van der Waals surface area contributed by atoms with Crippen LogP contribution in [0.1, 0.15) is 16.4 Å². The van der Waals surface area contributed by atoms with Gasteiger partial charge in [0.2, 0.25) is 11.9 Å². The first-order valence-corrected chi connectivity index (χ1v) is 6.06. The predicted molar refractivity (Wildman–Crippen MR) is 68.5 cm³/mol. The van der Waals surface area contributed by atoms with Crippen LogP contribution in [0.2, 0.25) is 0 Å². The maximum absolute atomic E-state index is 11.6. The zero-order valence-electron chi connectivity index (χ0n) is 9.86. The Hall–Kier alpha value is -2.16. The van der Waals surface area contributed by atoms with Crippen molar-refractivity contribution >= 4 is 33.7 Å². The zero-order valence-corrected chi connectivity index (χ0v) is 11.4. The molecular weight excluding hydrogens is 318 g/mol. The van der Waals surface area contributed by atoms with Gasteiger partial charge in [-0.2, -0.15) is 4.98 Å². The summed E-state index contributed by atoms with van der Waals surface area (Å²) in [6.07, 6.45) is 0. The number of aromatic amines is 1. The lowest BCUT2D eigenvalue weighted by Gasteiger charge is -2.02. The Morgan fingerprint density at radius 1 is 1.47 bits per heavy atom. The van der Waals surface area contributed by atoms with Gasteiger partial charge in [-0.25, -0.2) is 0 Å². The first-order valence-electron chi connectivity index (χ1n) is 5.27. The number of amides is 2. The molecule has 2 heterocycles. The molecule has 0 atom stereocenters. The van der Waals surface area contributed by atoms with Crippen LogP contribution in [0, 0.1) is 6.92 Å². The third-order valence-electron chi connectivity index (χ3n) is 2.05. The average molecular weight is 328 g/mol. The highest BCUT2D eigenvalue weighted by atomic mass is 79.9. The van der Waals surface area contributed by atoms with E-state index >= 15 is 0 Å². The summed E-state index contributed by atoms with van der Waals surface area (Å²) in [5.74, 6) is -0.0457. The normalized spacial score (nSPS) is 10.2. The summed E-state index contributed by atoms with van der Waals surface area (Å²) in [6, 6.07) is 3.08. The van der Waals surface area contributed by atoms with Gasteiger partial charge in [0.25, 0.3) is 5.91 Å². The molecule has 0 unspecified atom stereocenters. The van der Waals surface area contributed by atoms with E-state index in [1.165, 1.54) is 6.07 Å². The molecule has 0 radical (unpaired) electrons. The minimum atomic E-state index is -0.480. The molecule has 0 fully saturated rings. The Kier molecular flexibility index (Phi) is 3.95. The summed E-state index contributed by atoms with van der Waals surface area (Å²) in [7, 11) is 0. The van der Waals surface area contributed by atoms with Crippen molar-refractivity contribution in [1.82, 2.24) is 20.5 Å². The number of furan rings is 1. The highest BCUT2D eigenvalue weighted by Crippen LogP contribution is 2.13. The fraction of sp³-hybridized carbons (Fsp3) is 0.200. The second kappa shape index (κ2) is 5.65. The van der Waals surface area contributed by atoms with E-state index in [1.807, 2.05) is 0 Å². The summed E-state index contributed by atoms with van der Waals surface area (Å²) in [4.78, 5) is 27.0. The van der Waals surface area contributed by atoms with Gasteiger partial charge in [-0.3, -0.25) is 20.0 Å². The molecule has 0 aliphatic heterocycles. The average Bonchev–Trinajstić information content (AvgIpc) is 2.95. The predicted octanol–water partition coefficient (Wildman–Crippen LogP) is 0.837. The molecule has 0 spiro atoms. The minimum Gasteiger partial charge on any atom is -0.444 e. The van der Waals surface area contributed by atoms with E-state index in [2.05, 4.69) is 41.7 Å². The van der Waals surface area contributed by atoms with Crippen molar-refractivity contribution in [2.24, 2.45) is 0 Å². The van der Waals surface area contributed by atoms with Crippen molar-refractivity contribution in [3.63, 3.8) is 0 Å². The van der Waals surface area contributed by atoms with Crippen LogP contribution in [0.3, 0.4) is 0 Å². The van der Waals surface area contributed by atoms with Crippen molar-refractivity contribution in [1.29, 1.82) is 0 Å². The molecule has 0 saturated carbocycles. The van der Waals surface area contributed by atoms with Crippen molar-refractivity contribution in [3.8, 4) is 0 Å². The third-order valence-corrected chi connectivity index (χ3v) is 2.48. The van der Waals surface area contributed by atoms with Crippen LogP contribution in [0.25, 0.3) is 0 Å². The molecule has 2 rings (SSSR count). The number of carbonyl (C=O) groups excluding carboxylic acids is 2. The maximum atomic E-state index is 11.6. The number of nitrogens with zero attached hydrogens (tertiary/aromatic N) is 2. The maximum Gasteiger partial charge on any atom is 0.287 e. The third kappa shape index (κ3) is 3.65. The van der Waals surface area contributed by atoms with E-state index in [0.717, 1.165) is 0 Å². The summed E-state index contributed by atoms with van der Waals surface area (Å²) in [5, 5.41) is 11.2. The van der Waals surface area contributed by atoms with Crippen molar-refractivity contribution in [3.05, 3.63) is 28.4 Å². The van der Waals surface area contributed by atoms with Crippen LogP contribution in [0.4, 0.5) is 5.95 Å². The topological polar surface area (TPSA) is 113 Å². The van der Waals surface area contributed by atoms with E-state index in [9.17, 15) is 9.59 Å². The van der Waals surface area contributed by atoms with Gasteiger partial charge in [-0.05, 0) is 35.0 Å². The fourth-order valence-electron chi connectivity index (χ4n) is 1.25. The van der Waals surface area contributed by atoms with E-state index in [0.29, 0.717) is 10.5 Å². The first-order chi connectivity index (χ1) is 9.04. The number of nitrogens with one attached hydrogen (secondary N) is 3. The smallest absolute Gasteiger partial charge is 0.287 e. The van der Waals surface area contributed by atoms with Crippen LogP contribution in [-0.4, -0.2) is 33.5 Å². The molecular formula is C10H10BrN5O3. The van der Waals surface area contributed by atoms with Gasteiger partial charge in [-0.15, -0.1) is 5.10 Å². The Bertz CT molecular complexity index is 606. The van der Waals surface area contributed by atoms with Gasteiger partial charge >= 0.3 is 0 Å². The first kappa shape index (κ1) is 13.3. The van der Waals surface area contributed by atoms with E-state index in [4.69, 9.17) is 4.42 Å². The molecule has 8 nitrogen and oxygen atoms in total. The van der Waals surface area contributed by atoms with Crippen LogP contribution in [-0.2, 0) is 4.79 Å². The zero-order chi connectivity index (χ0) is 13.8. The largest absolute Gasteiger partial charge is 0.444 e. The second-order valence-corrected chi connectivity index (χ2v) is 4.36. The number of anilines is 1. The number of aryl methyl sites for hydroxylation is 1. The number of hydrogen-bond donors (Lipinski definition) is 3. The highest BCUT2D eigenvalue weighted by Gasteiger charge is 2.12. The number of rotatable bonds is 4. The minimum absolute atomic E-state index is 0.119. The quantitative estimate of drug-likeness (QED) is 0.770. The van der Waals surface area contributed by atoms with Gasteiger partial charge in [0.15, 0.2) is 10.4 Å². The summed E-state index contributed by atoms with van der Waals surface area (Å²) in [5.41, 5.74) is 0. The number of carbonyl (C=O) groups is 2. The fourth-order valence-corrected chi connectivity index (χ4v) is 1.56. The molecule has 2 amide bonds. The van der Waals surface area contributed by atoms with Gasteiger partial charge < -0.3 is 9.73 Å². The van der Waals surface area contributed by atoms with Gasteiger partial charge in [0.05, 0.1) is 6.54 Å². The standard InChI is InChI=1S/C10H10BrN5O3/c1-5-13-10(16-15-5)14-8(17)4-12-9(18)6-2-3-7(11)19-6/h2-3H,4H2,1H3,(H,12,18)(H2,13,14,15,16,17). The molecule has 100 valence electrons. The molecule has 0 aliphatic carbocycles. The Labute approximate surface area is 116 Å². The van der Waals surface area contributed by atoms with Gasteiger partial charge in [-0.1, -0.05) is 0 Å². The van der Waals surface area contributed by atoms with Crippen LogP contribution in [0.15, 0.2) is 21.2 Å². The lowest BCUT2D eigenvalue weighted by Crippen LogP contribution is -2.32. The number of aromatic nitrogens is 3. The van der Waals surface area contributed by atoms with Gasteiger partial charge in [0.1, 0.15) is 5.82 Å². The molecule has 0 saturated heterocycles. The lowest BCUT2D eigenvalue weighted by atomic mass is 10.4. The molecule has 9 heteroatoms. The molecule has 2 aromatic heterocycles. The highest BCUT2D eigenvalue weighted by molar-refractivity contribution is 9.10. The van der Waals surface area contributed by atoms with E-state index in [-0.39, 0.29) is 18.3 Å². The SMILES string of the molecule is Cc1nc(NC(=O)CNC(=O)c2ccc(Br)o2)n[nH]1. The Balaban J connectivity index is 1.82. The van der Waals surface area contributed by atoms with E-state index < -0.39 is 11.8 Å². The number of H-pyrrole nitrogens is 1. The lowest BCUT2D eigenvalue weighted by molar-refractivity contribution is -0.115. The molecule has 0 aromatic carbocycles. The second-order valence-electron chi connectivity index (χ2n) is 3.58. The Morgan fingerprint density at radius 2 is 2.26 bits per heavy atom.